The van der Waals surface area contributed by atoms with Crippen LogP contribution in [0.3, 0.4) is 0 Å². The van der Waals surface area contributed by atoms with Gasteiger partial charge in [0.1, 0.15) is 17.1 Å². The Morgan fingerprint density at radius 2 is 2.25 bits per heavy atom. The maximum atomic E-state index is 13.6. The fourth-order valence-corrected chi connectivity index (χ4v) is 3.62. The summed E-state index contributed by atoms with van der Waals surface area (Å²) in [6.45, 7) is 3.48. The molecule has 1 amide bonds. The summed E-state index contributed by atoms with van der Waals surface area (Å²) in [5.74, 6) is 0.0832. The summed E-state index contributed by atoms with van der Waals surface area (Å²) in [5, 5.41) is 7.81. The van der Waals surface area contributed by atoms with E-state index in [-0.39, 0.29) is 17.8 Å². The summed E-state index contributed by atoms with van der Waals surface area (Å²) >= 11 is 0. The number of carbonyl (C=O) groups is 1. The molecule has 2 N–H and O–H groups in total. The molecule has 1 aliphatic carbocycles. The number of aryl methyl sites for hydroxylation is 3. The highest BCUT2D eigenvalue weighted by Gasteiger charge is 2.27. The number of nitrogens with zero attached hydrogens (tertiary/aromatic N) is 1. The van der Waals surface area contributed by atoms with E-state index in [9.17, 15) is 9.18 Å². The van der Waals surface area contributed by atoms with Crippen LogP contribution >= 0.6 is 0 Å². The van der Waals surface area contributed by atoms with Crippen molar-refractivity contribution in [2.75, 3.05) is 0 Å². The van der Waals surface area contributed by atoms with Gasteiger partial charge in [0.2, 0.25) is 0 Å². The van der Waals surface area contributed by atoms with Gasteiger partial charge in [-0.1, -0.05) is 5.16 Å². The minimum Gasteiger partial charge on any atom is -0.361 e. The van der Waals surface area contributed by atoms with Crippen molar-refractivity contribution in [1.82, 2.24) is 15.5 Å². The molecule has 2 heterocycles. The Morgan fingerprint density at radius 3 is 3.00 bits per heavy atom. The summed E-state index contributed by atoms with van der Waals surface area (Å²) in [7, 11) is 0. The van der Waals surface area contributed by atoms with Gasteiger partial charge in [0, 0.05) is 16.6 Å². The molecule has 4 rings (SSSR count). The first-order chi connectivity index (χ1) is 11.5. The Kier molecular flexibility index (Phi) is 3.40. The number of aromatic nitrogens is 2. The number of carbonyl (C=O) groups excluding carboxylic acids is 1. The fourth-order valence-electron chi connectivity index (χ4n) is 3.62. The predicted octanol–water partition coefficient (Wildman–Crippen LogP) is 3.72. The van der Waals surface area contributed by atoms with Crippen molar-refractivity contribution >= 4 is 16.8 Å². The maximum Gasteiger partial charge on any atom is 0.257 e. The Bertz CT molecular complexity index is 922. The Hall–Kier alpha value is -2.63. The number of hydrogen-bond acceptors (Lipinski definition) is 3. The van der Waals surface area contributed by atoms with Gasteiger partial charge < -0.3 is 14.8 Å². The average Bonchev–Trinajstić information content (AvgIpc) is 3.08. The minimum absolute atomic E-state index is 0.120. The number of halogens is 1. The van der Waals surface area contributed by atoms with Crippen molar-refractivity contribution in [1.29, 1.82) is 0 Å². The van der Waals surface area contributed by atoms with Crippen molar-refractivity contribution < 1.29 is 13.7 Å². The van der Waals surface area contributed by atoms with Crippen LogP contribution in [0.4, 0.5) is 4.39 Å². The average molecular weight is 327 g/mol. The highest BCUT2D eigenvalue weighted by atomic mass is 19.1. The third-order valence-corrected chi connectivity index (χ3v) is 4.73. The van der Waals surface area contributed by atoms with Gasteiger partial charge in [-0.25, -0.2) is 4.39 Å². The number of nitrogens with one attached hydrogen (secondary N) is 2. The Labute approximate surface area is 138 Å². The van der Waals surface area contributed by atoms with Crippen LogP contribution in [0.1, 0.15) is 52.0 Å². The molecule has 1 aliphatic rings. The van der Waals surface area contributed by atoms with Gasteiger partial charge in [-0.3, -0.25) is 4.79 Å². The maximum absolute atomic E-state index is 13.6. The standard InChI is InChI=1S/C18H18FN3O2/c1-9-16(10(2)24-22-9)18(23)21-15-5-3-4-12-13-8-11(19)6-7-14(13)20-17(12)15/h6-8,15,20H,3-5H2,1-2H3,(H,21,23)/t15-/m1/s1. The van der Waals surface area contributed by atoms with Crippen LogP contribution in [0.2, 0.25) is 0 Å². The second-order valence-electron chi connectivity index (χ2n) is 6.32. The first-order valence-corrected chi connectivity index (χ1v) is 8.08. The van der Waals surface area contributed by atoms with Gasteiger partial charge in [-0.05, 0) is 56.9 Å². The largest absolute Gasteiger partial charge is 0.361 e. The zero-order chi connectivity index (χ0) is 16.8. The smallest absolute Gasteiger partial charge is 0.257 e. The van der Waals surface area contributed by atoms with E-state index in [4.69, 9.17) is 4.52 Å². The van der Waals surface area contributed by atoms with E-state index in [2.05, 4.69) is 15.5 Å². The molecule has 0 unspecified atom stereocenters. The van der Waals surface area contributed by atoms with E-state index < -0.39 is 0 Å². The topological polar surface area (TPSA) is 70.9 Å². The number of H-pyrrole nitrogens is 1. The lowest BCUT2D eigenvalue weighted by Gasteiger charge is -2.23. The molecule has 24 heavy (non-hydrogen) atoms. The highest BCUT2D eigenvalue weighted by molar-refractivity contribution is 5.96. The lowest BCUT2D eigenvalue weighted by molar-refractivity contribution is 0.0930. The molecule has 0 bridgehead atoms. The van der Waals surface area contributed by atoms with Crippen LogP contribution in [0.5, 0.6) is 0 Å². The van der Waals surface area contributed by atoms with E-state index in [0.717, 1.165) is 41.4 Å². The van der Waals surface area contributed by atoms with Crippen LogP contribution in [0.15, 0.2) is 22.7 Å². The molecule has 124 valence electrons. The van der Waals surface area contributed by atoms with Gasteiger partial charge in [0.05, 0.1) is 11.7 Å². The SMILES string of the molecule is Cc1noc(C)c1C(=O)N[C@@H]1CCCc2c1[nH]c1ccc(F)cc21. The van der Waals surface area contributed by atoms with Crippen LogP contribution in [0, 0.1) is 19.7 Å². The molecule has 0 spiro atoms. The molecule has 1 atom stereocenters. The molecule has 2 aromatic heterocycles. The molecule has 0 radical (unpaired) electrons. The molecular formula is C18H18FN3O2. The number of hydrogen-bond donors (Lipinski definition) is 2. The van der Waals surface area contributed by atoms with E-state index >= 15 is 0 Å². The zero-order valence-corrected chi connectivity index (χ0v) is 13.6. The first kappa shape index (κ1) is 14.9. The van der Waals surface area contributed by atoms with Gasteiger partial charge in [0.15, 0.2) is 0 Å². The minimum atomic E-state index is -0.244. The van der Waals surface area contributed by atoms with E-state index in [0.29, 0.717) is 17.0 Å². The summed E-state index contributed by atoms with van der Waals surface area (Å²) in [6.07, 6.45) is 2.68. The number of rotatable bonds is 2. The third kappa shape index (κ3) is 2.29. The lowest BCUT2D eigenvalue weighted by atomic mass is 9.91. The molecule has 6 heteroatoms. The number of aromatic amines is 1. The van der Waals surface area contributed by atoms with Crippen molar-refractivity contribution in [3.8, 4) is 0 Å². The number of benzene rings is 1. The number of fused-ring (bicyclic) bond motifs is 3. The van der Waals surface area contributed by atoms with Gasteiger partial charge in [0.25, 0.3) is 5.91 Å². The predicted molar refractivity (Wildman–Crippen MR) is 87.4 cm³/mol. The second-order valence-corrected chi connectivity index (χ2v) is 6.32. The highest BCUT2D eigenvalue weighted by Crippen LogP contribution is 2.35. The van der Waals surface area contributed by atoms with E-state index in [1.54, 1.807) is 26.0 Å². The Morgan fingerprint density at radius 1 is 1.42 bits per heavy atom. The van der Waals surface area contributed by atoms with Crippen LogP contribution < -0.4 is 5.32 Å². The van der Waals surface area contributed by atoms with E-state index in [1.165, 1.54) is 6.07 Å². The van der Waals surface area contributed by atoms with Crippen LogP contribution in [-0.4, -0.2) is 16.0 Å². The van der Waals surface area contributed by atoms with Gasteiger partial charge in [-0.15, -0.1) is 0 Å². The van der Waals surface area contributed by atoms with Crippen molar-refractivity contribution in [2.24, 2.45) is 0 Å². The monoisotopic (exact) mass is 327 g/mol. The normalized spacial score (nSPS) is 17.0. The van der Waals surface area contributed by atoms with Crippen molar-refractivity contribution in [3.63, 3.8) is 0 Å². The summed E-state index contributed by atoms with van der Waals surface area (Å²) in [5.41, 5.74) is 4.05. The molecule has 0 aliphatic heterocycles. The fraction of sp³-hybridized carbons (Fsp3) is 0.333. The molecule has 5 nitrogen and oxygen atoms in total. The molecule has 0 saturated carbocycles. The lowest BCUT2D eigenvalue weighted by Crippen LogP contribution is -2.31. The van der Waals surface area contributed by atoms with Crippen LogP contribution in [0.25, 0.3) is 10.9 Å². The summed E-state index contributed by atoms with van der Waals surface area (Å²) in [6, 6.07) is 4.63. The first-order valence-electron chi connectivity index (χ1n) is 8.08. The summed E-state index contributed by atoms with van der Waals surface area (Å²) < 4.78 is 18.6. The Balaban J connectivity index is 1.69. The van der Waals surface area contributed by atoms with Gasteiger partial charge in [-0.2, -0.15) is 0 Å². The van der Waals surface area contributed by atoms with E-state index in [1.807, 2.05) is 0 Å². The molecule has 1 aromatic carbocycles. The molecule has 3 aromatic rings. The van der Waals surface area contributed by atoms with Gasteiger partial charge >= 0.3 is 0 Å². The molecular weight excluding hydrogens is 309 g/mol. The summed E-state index contributed by atoms with van der Waals surface area (Å²) in [4.78, 5) is 16.0. The zero-order valence-electron chi connectivity index (χ0n) is 13.6. The number of amides is 1. The molecule has 0 saturated heterocycles. The van der Waals surface area contributed by atoms with Crippen molar-refractivity contribution in [2.45, 2.75) is 39.2 Å². The molecule has 0 fully saturated rings. The van der Waals surface area contributed by atoms with Crippen LogP contribution in [-0.2, 0) is 6.42 Å². The van der Waals surface area contributed by atoms with Crippen molar-refractivity contribution in [3.05, 3.63) is 52.3 Å². The third-order valence-electron chi connectivity index (χ3n) is 4.73. The second kappa shape index (κ2) is 5.47. The quantitative estimate of drug-likeness (QED) is 0.753.